The second-order valence-corrected chi connectivity index (χ2v) is 9.22. The van der Waals surface area contributed by atoms with E-state index in [4.69, 9.17) is 16.3 Å². The number of hydrogen-bond acceptors (Lipinski definition) is 4. The minimum absolute atomic E-state index is 0.283. The lowest BCUT2D eigenvalue weighted by molar-refractivity contribution is 0.0252. The average molecular weight is 455 g/mol. The second kappa shape index (κ2) is 10.2. The number of ether oxygens (including phenoxy) is 1. The Morgan fingerprint density at radius 2 is 1.75 bits per heavy atom. The molecular formula is C25H31ClN4O2. The number of carbonyl (C=O) groups is 1. The van der Waals surface area contributed by atoms with E-state index < -0.39 is 5.60 Å². The fourth-order valence-electron chi connectivity index (χ4n) is 3.63. The molecule has 6 nitrogen and oxygen atoms in total. The number of amides is 1. The summed E-state index contributed by atoms with van der Waals surface area (Å²) in [5.41, 5.74) is 4.92. The molecule has 0 spiro atoms. The minimum Gasteiger partial charge on any atom is -0.444 e. The predicted molar refractivity (Wildman–Crippen MR) is 129 cm³/mol. The molecule has 2 aromatic carbocycles. The van der Waals surface area contributed by atoms with Crippen LogP contribution in [0, 0.1) is 6.92 Å². The van der Waals surface area contributed by atoms with Gasteiger partial charge >= 0.3 is 6.09 Å². The summed E-state index contributed by atoms with van der Waals surface area (Å²) >= 11 is 6.62. The summed E-state index contributed by atoms with van der Waals surface area (Å²) < 4.78 is 5.58. The van der Waals surface area contributed by atoms with Gasteiger partial charge in [0.1, 0.15) is 17.0 Å². The van der Waals surface area contributed by atoms with Gasteiger partial charge in [0.15, 0.2) is 0 Å². The highest BCUT2D eigenvalue weighted by Crippen LogP contribution is 2.36. The van der Waals surface area contributed by atoms with Gasteiger partial charge in [0.2, 0.25) is 0 Å². The third-order valence-corrected chi connectivity index (χ3v) is 5.47. The summed E-state index contributed by atoms with van der Waals surface area (Å²) in [4.78, 5) is 14.4. The van der Waals surface area contributed by atoms with Crippen LogP contribution in [0.1, 0.15) is 45.2 Å². The monoisotopic (exact) mass is 454 g/mol. The quantitative estimate of drug-likeness (QED) is 0.455. The Balaban J connectivity index is 1.88. The van der Waals surface area contributed by atoms with Crippen molar-refractivity contribution in [3.63, 3.8) is 0 Å². The molecule has 0 unspecified atom stereocenters. The lowest BCUT2D eigenvalue weighted by Gasteiger charge is -2.27. The van der Waals surface area contributed by atoms with Crippen LogP contribution in [0.2, 0.25) is 5.02 Å². The number of carbonyl (C=O) groups excluding carboxylic acids is 1. The summed E-state index contributed by atoms with van der Waals surface area (Å²) in [6.07, 6.45) is 1.27. The third kappa shape index (κ3) is 5.68. The van der Waals surface area contributed by atoms with Gasteiger partial charge in [-0.1, -0.05) is 54.9 Å². The molecule has 0 aliphatic carbocycles. The number of benzene rings is 2. The predicted octanol–water partition coefficient (Wildman–Crippen LogP) is 6.29. The Kier molecular flexibility index (Phi) is 7.56. The van der Waals surface area contributed by atoms with Crippen molar-refractivity contribution in [1.82, 2.24) is 20.3 Å². The molecule has 0 saturated heterocycles. The summed E-state index contributed by atoms with van der Waals surface area (Å²) in [5, 5.41) is 12.1. The molecule has 0 fully saturated rings. The molecule has 1 aromatic heterocycles. The number of rotatable bonds is 7. The average Bonchev–Trinajstić information content (AvgIpc) is 3.21. The number of nitrogens with one attached hydrogen (secondary N) is 1. The largest absolute Gasteiger partial charge is 0.444 e. The number of aromatic amines is 1. The maximum Gasteiger partial charge on any atom is 0.410 e. The molecule has 0 radical (unpaired) electrons. The van der Waals surface area contributed by atoms with Crippen molar-refractivity contribution in [3.05, 3.63) is 58.6 Å². The van der Waals surface area contributed by atoms with Crippen LogP contribution in [-0.4, -0.2) is 45.1 Å². The number of halogens is 1. The van der Waals surface area contributed by atoms with E-state index in [1.807, 2.05) is 70.2 Å². The summed E-state index contributed by atoms with van der Waals surface area (Å²) in [6.45, 7) is 11.0. The Bertz CT molecular complexity index is 1060. The summed E-state index contributed by atoms with van der Waals surface area (Å²) in [6, 6.07) is 13.8. The molecule has 1 amide bonds. The van der Waals surface area contributed by atoms with Crippen molar-refractivity contribution in [2.75, 3.05) is 13.1 Å². The zero-order valence-electron chi connectivity index (χ0n) is 19.4. The van der Waals surface area contributed by atoms with Crippen LogP contribution in [-0.2, 0) is 11.2 Å². The number of H-pyrrole nitrogens is 1. The van der Waals surface area contributed by atoms with Crippen molar-refractivity contribution in [2.24, 2.45) is 0 Å². The van der Waals surface area contributed by atoms with Crippen LogP contribution in [0.15, 0.2) is 42.5 Å². The van der Waals surface area contributed by atoms with Gasteiger partial charge in [0.05, 0.1) is 5.02 Å². The van der Waals surface area contributed by atoms with E-state index in [1.54, 1.807) is 4.90 Å². The van der Waals surface area contributed by atoms with E-state index >= 15 is 0 Å². The van der Waals surface area contributed by atoms with Crippen molar-refractivity contribution >= 4 is 17.7 Å². The molecule has 170 valence electrons. The molecule has 0 aliphatic heterocycles. The van der Waals surface area contributed by atoms with E-state index in [-0.39, 0.29) is 6.09 Å². The highest BCUT2D eigenvalue weighted by atomic mass is 35.5. The van der Waals surface area contributed by atoms with Crippen LogP contribution >= 0.6 is 11.6 Å². The second-order valence-electron chi connectivity index (χ2n) is 8.81. The zero-order chi connectivity index (χ0) is 23.3. The highest BCUT2D eigenvalue weighted by molar-refractivity contribution is 6.33. The summed E-state index contributed by atoms with van der Waals surface area (Å²) in [5.74, 6) is 0. The van der Waals surface area contributed by atoms with Gasteiger partial charge in [-0.3, -0.25) is 0 Å². The fraction of sp³-hybridized carbons (Fsp3) is 0.400. The molecule has 0 bridgehead atoms. The number of aromatic nitrogens is 3. The van der Waals surface area contributed by atoms with Crippen LogP contribution in [0.4, 0.5) is 4.79 Å². The Morgan fingerprint density at radius 3 is 2.41 bits per heavy atom. The van der Waals surface area contributed by atoms with E-state index in [1.165, 1.54) is 0 Å². The van der Waals surface area contributed by atoms with Gasteiger partial charge in [-0.05, 0) is 57.7 Å². The van der Waals surface area contributed by atoms with Gasteiger partial charge in [-0.2, -0.15) is 15.4 Å². The normalized spacial score (nSPS) is 11.4. The molecule has 0 atom stereocenters. The first-order valence-corrected chi connectivity index (χ1v) is 11.3. The molecular weight excluding hydrogens is 424 g/mol. The molecule has 3 aromatic rings. The molecule has 7 heteroatoms. The zero-order valence-corrected chi connectivity index (χ0v) is 20.2. The minimum atomic E-state index is -0.521. The topological polar surface area (TPSA) is 71.1 Å². The standard InChI is InChI=1S/C25H31ClN4O2/c1-6-15-30(24(31)32-25(3,4)5)16-14-18-12-13-20(26)21(17(18)2)23-22(27-29-28-23)19-10-8-7-9-11-19/h7-13H,6,14-16H2,1-5H3,(H,27,28,29). The molecule has 32 heavy (non-hydrogen) atoms. The van der Waals surface area contributed by atoms with Crippen LogP contribution in [0.3, 0.4) is 0 Å². The van der Waals surface area contributed by atoms with Gasteiger partial charge in [-0.15, -0.1) is 0 Å². The van der Waals surface area contributed by atoms with E-state index in [0.29, 0.717) is 24.5 Å². The SMILES string of the molecule is CCCN(CCc1ccc(Cl)c(-c2n[nH]nc2-c2ccccc2)c1C)C(=O)OC(C)(C)C. The van der Waals surface area contributed by atoms with Crippen LogP contribution in [0.5, 0.6) is 0 Å². The molecule has 1 N–H and O–H groups in total. The van der Waals surface area contributed by atoms with Gasteiger partial charge in [0, 0.05) is 24.2 Å². The van der Waals surface area contributed by atoms with E-state index in [2.05, 4.69) is 22.3 Å². The fourth-order valence-corrected chi connectivity index (χ4v) is 3.93. The number of hydrogen-bond donors (Lipinski definition) is 1. The summed E-state index contributed by atoms with van der Waals surface area (Å²) in [7, 11) is 0. The van der Waals surface area contributed by atoms with Crippen molar-refractivity contribution in [1.29, 1.82) is 0 Å². The van der Waals surface area contributed by atoms with Gasteiger partial charge in [0.25, 0.3) is 0 Å². The number of nitrogens with zero attached hydrogens (tertiary/aromatic N) is 3. The lowest BCUT2D eigenvalue weighted by Crippen LogP contribution is -2.38. The Morgan fingerprint density at radius 1 is 1.06 bits per heavy atom. The van der Waals surface area contributed by atoms with Crippen molar-refractivity contribution < 1.29 is 9.53 Å². The molecule has 0 aliphatic rings. The first-order valence-electron chi connectivity index (χ1n) is 10.9. The Labute approximate surface area is 194 Å². The maximum absolute atomic E-state index is 12.6. The first kappa shape index (κ1) is 23.8. The Hall–Kier alpha value is -2.86. The van der Waals surface area contributed by atoms with Crippen molar-refractivity contribution in [3.8, 4) is 22.5 Å². The van der Waals surface area contributed by atoms with Gasteiger partial charge < -0.3 is 9.64 Å². The van der Waals surface area contributed by atoms with Gasteiger partial charge in [-0.25, -0.2) is 4.79 Å². The smallest absolute Gasteiger partial charge is 0.410 e. The maximum atomic E-state index is 12.6. The lowest BCUT2D eigenvalue weighted by atomic mass is 9.95. The molecule has 3 rings (SSSR count). The molecule has 0 saturated carbocycles. The van der Waals surface area contributed by atoms with Crippen molar-refractivity contribution in [2.45, 2.75) is 53.1 Å². The van der Waals surface area contributed by atoms with Crippen LogP contribution < -0.4 is 0 Å². The first-order chi connectivity index (χ1) is 15.2. The van der Waals surface area contributed by atoms with E-state index in [0.717, 1.165) is 40.1 Å². The highest BCUT2D eigenvalue weighted by Gasteiger charge is 2.23. The van der Waals surface area contributed by atoms with Crippen LogP contribution in [0.25, 0.3) is 22.5 Å². The molecule has 1 heterocycles. The third-order valence-electron chi connectivity index (χ3n) is 5.15. The van der Waals surface area contributed by atoms with E-state index in [9.17, 15) is 4.79 Å².